The Bertz CT molecular complexity index is 1740. The van der Waals surface area contributed by atoms with Crippen molar-refractivity contribution in [3.8, 4) is 0 Å². The van der Waals surface area contributed by atoms with Gasteiger partial charge in [-0.2, -0.15) is 0 Å². The van der Waals surface area contributed by atoms with Gasteiger partial charge in [-0.25, -0.2) is 0 Å². The minimum atomic E-state index is -0.498. The van der Waals surface area contributed by atoms with Gasteiger partial charge in [-0.1, -0.05) is 42.5 Å². The van der Waals surface area contributed by atoms with Crippen LogP contribution in [0.3, 0.4) is 0 Å². The number of rotatable bonds is 0. The SMILES string of the molecule is Cn1c2ccccc2c2c3c(=O)[nH]c(=O)c3c3c(=O)c4ccccc4c3c21. The fraction of sp³-hybridized carbons (Fsp3) is 0.0455. The zero-order chi connectivity index (χ0) is 18.4. The van der Waals surface area contributed by atoms with E-state index >= 15 is 0 Å². The lowest BCUT2D eigenvalue weighted by molar-refractivity contribution is 1.02. The van der Waals surface area contributed by atoms with E-state index in [0.717, 1.165) is 32.6 Å². The monoisotopic (exact) mass is 352 g/mol. The Hall–Kier alpha value is -3.73. The van der Waals surface area contributed by atoms with Gasteiger partial charge in [0.1, 0.15) is 0 Å². The van der Waals surface area contributed by atoms with E-state index < -0.39 is 11.1 Å². The van der Waals surface area contributed by atoms with Gasteiger partial charge < -0.3 is 4.57 Å². The molecule has 0 aliphatic rings. The molecule has 0 atom stereocenters. The van der Waals surface area contributed by atoms with Crippen molar-refractivity contribution in [3.05, 3.63) is 79.5 Å². The minimum absolute atomic E-state index is 0.200. The van der Waals surface area contributed by atoms with Crippen molar-refractivity contribution in [1.29, 1.82) is 0 Å². The Morgan fingerprint density at radius 3 is 1.96 bits per heavy atom. The number of aryl methyl sites for hydroxylation is 1. The molecule has 0 amide bonds. The van der Waals surface area contributed by atoms with Gasteiger partial charge in [-0.15, -0.1) is 0 Å². The Balaban J connectivity index is 2.22. The number of aromatic amines is 1. The molecule has 0 bridgehead atoms. The predicted octanol–water partition coefficient (Wildman–Crippen LogP) is 3.08. The molecule has 5 nitrogen and oxygen atoms in total. The number of benzene rings is 3. The van der Waals surface area contributed by atoms with Crippen molar-refractivity contribution in [2.24, 2.45) is 7.05 Å². The molecule has 1 N–H and O–H groups in total. The number of hydrogen-bond acceptors (Lipinski definition) is 3. The third-order valence-corrected chi connectivity index (χ3v) is 5.69. The summed E-state index contributed by atoms with van der Waals surface area (Å²) in [6.45, 7) is 0. The molecular formula is C22H12N2O3. The van der Waals surface area contributed by atoms with Crippen LogP contribution < -0.4 is 16.5 Å². The summed E-state index contributed by atoms with van der Waals surface area (Å²) in [5.41, 5.74) is 0.624. The molecule has 128 valence electrons. The van der Waals surface area contributed by atoms with E-state index in [9.17, 15) is 14.4 Å². The second-order valence-corrected chi connectivity index (χ2v) is 6.96. The second kappa shape index (κ2) is 4.51. The van der Waals surface area contributed by atoms with Crippen LogP contribution in [0.15, 0.2) is 62.9 Å². The maximum atomic E-state index is 13.2. The van der Waals surface area contributed by atoms with Gasteiger partial charge in [0.15, 0.2) is 5.43 Å². The van der Waals surface area contributed by atoms with Crippen molar-refractivity contribution in [2.45, 2.75) is 0 Å². The Labute approximate surface area is 150 Å². The first kappa shape index (κ1) is 14.4. The van der Waals surface area contributed by atoms with E-state index in [-0.39, 0.29) is 10.8 Å². The molecule has 0 radical (unpaired) electrons. The fourth-order valence-corrected chi connectivity index (χ4v) is 4.64. The number of H-pyrrole nitrogens is 1. The van der Waals surface area contributed by atoms with E-state index in [0.29, 0.717) is 16.2 Å². The molecule has 0 fully saturated rings. The van der Waals surface area contributed by atoms with Crippen molar-refractivity contribution in [3.63, 3.8) is 0 Å². The summed E-state index contributed by atoms with van der Waals surface area (Å²) in [4.78, 5) is 40.9. The Morgan fingerprint density at radius 2 is 1.22 bits per heavy atom. The maximum Gasteiger partial charge on any atom is 0.259 e. The Morgan fingerprint density at radius 1 is 0.667 bits per heavy atom. The largest absolute Gasteiger partial charge is 0.343 e. The summed E-state index contributed by atoms with van der Waals surface area (Å²) >= 11 is 0. The average Bonchev–Trinajstić information content (AvgIpc) is 3.25. The highest BCUT2D eigenvalue weighted by Gasteiger charge is 2.25. The summed E-state index contributed by atoms with van der Waals surface area (Å²) in [5, 5.41) is 4.61. The van der Waals surface area contributed by atoms with Crippen LogP contribution in [0.2, 0.25) is 0 Å². The molecule has 0 saturated heterocycles. The van der Waals surface area contributed by atoms with E-state index in [1.54, 1.807) is 6.07 Å². The topological polar surface area (TPSA) is 71.9 Å². The fourth-order valence-electron chi connectivity index (χ4n) is 4.64. The van der Waals surface area contributed by atoms with E-state index in [2.05, 4.69) is 4.98 Å². The summed E-state index contributed by atoms with van der Waals surface area (Å²) in [7, 11) is 1.93. The molecule has 0 spiro atoms. The molecule has 0 saturated carbocycles. The van der Waals surface area contributed by atoms with Crippen molar-refractivity contribution < 1.29 is 0 Å². The van der Waals surface area contributed by atoms with Crippen LogP contribution in [0.5, 0.6) is 0 Å². The van der Waals surface area contributed by atoms with Crippen molar-refractivity contribution in [2.75, 3.05) is 0 Å². The number of hydrogen-bond donors (Lipinski definition) is 1. The third-order valence-electron chi connectivity index (χ3n) is 5.69. The smallest absolute Gasteiger partial charge is 0.259 e. The lowest BCUT2D eigenvalue weighted by atomic mass is 10.0. The Kier molecular flexibility index (Phi) is 2.41. The first-order valence-corrected chi connectivity index (χ1v) is 8.66. The summed E-state index contributed by atoms with van der Waals surface area (Å²) in [5.74, 6) is 0. The van der Waals surface area contributed by atoms with Crippen LogP contribution in [0.25, 0.3) is 54.1 Å². The van der Waals surface area contributed by atoms with Crippen molar-refractivity contribution >= 4 is 54.1 Å². The van der Waals surface area contributed by atoms with Gasteiger partial charge >= 0.3 is 0 Å². The number of nitrogens with one attached hydrogen (secondary N) is 1. The molecular weight excluding hydrogens is 340 g/mol. The van der Waals surface area contributed by atoms with Crippen LogP contribution in [0.1, 0.15) is 0 Å². The minimum Gasteiger partial charge on any atom is -0.343 e. The van der Waals surface area contributed by atoms with E-state index in [1.807, 2.05) is 54.1 Å². The molecule has 4 aromatic carbocycles. The van der Waals surface area contributed by atoms with Crippen molar-refractivity contribution in [1.82, 2.24) is 9.55 Å². The molecule has 5 heteroatoms. The number of fused-ring (bicyclic) bond motifs is 10. The van der Waals surface area contributed by atoms with E-state index in [4.69, 9.17) is 0 Å². The zero-order valence-electron chi connectivity index (χ0n) is 14.3. The lowest BCUT2D eigenvalue weighted by Crippen LogP contribution is -2.06. The molecule has 6 aromatic rings. The zero-order valence-corrected chi connectivity index (χ0v) is 14.3. The van der Waals surface area contributed by atoms with E-state index in [1.165, 1.54) is 0 Å². The summed E-state index contributed by atoms with van der Waals surface area (Å²) in [6.07, 6.45) is 0. The van der Waals surface area contributed by atoms with Gasteiger partial charge in [0, 0.05) is 39.5 Å². The van der Waals surface area contributed by atoms with Crippen LogP contribution in [-0.4, -0.2) is 9.55 Å². The standard InChI is InChI=1S/C22H12N2O3/c1-24-13-9-5-4-8-12(13)15-17-18(22(27)23-21(17)26)16-14(19(15)24)10-6-2-3-7-11(10)20(16)25/h2-9H,1H3,(H,23,26,27). The number of para-hydroxylation sites is 1. The first-order chi connectivity index (χ1) is 13.1. The number of aromatic nitrogens is 2. The maximum absolute atomic E-state index is 13.2. The highest BCUT2D eigenvalue weighted by atomic mass is 16.2. The normalized spacial score (nSPS) is 12.3. The average molecular weight is 352 g/mol. The van der Waals surface area contributed by atoms with Crippen LogP contribution >= 0.6 is 0 Å². The quantitative estimate of drug-likeness (QED) is 0.457. The van der Waals surface area contributed by atoms with Gasteiger partial charge in [0.05, 0.1) is 16.3 Å². The second-order valence-electron chi connectivity index (χ2n) is 6.96. The van der Waals surface area contributed by atoms with Gasteiger partial charge in [0.25, 0.3) is 11.1 Å². The lowest BCUT2D eigenvalue weighted by Gasteiger charge is -2.02. The third kappa shape index (κ3) is 1.49. The molecule has 0 unspecified atom stereocenters. The highest BCUT2D eigenvalue weighted by molar-refractivity contribution is 6.37. The number of nitrogens with zero attached hydrogens (tertiary/aromatic N) is 1. The first-order valence-electron chi connectivity index (χ1n) is 8.66. The molecule has 2 heterocycles. The van der Waals surface area contributed by atoms with Gasteiger partial charge in [-0.05, 0) is 11.5 Å². The van der Waals surface area contributed by atoms with Gasteiger partial charge in [-0.3, -0.25) is 19.4 Å². The van der Waals surface area contributed by atoms with Gasteiger partial charge in [0.2, 0.25) is 0 Å². The van der Waals surface area contributed by atoms with Crippen LogP contribution in [-0.2, 0) is 7.05 Å². The molecule has 2 aromatic heterocycles. The highest BCUT2D eigenvalue weighted by Crippen LogP contribution is 2.40. The molecule has 6 rings (SSSR count). The predicted molar refractivity (Wildman–Crippen MR) is 108 cm³/mol. The van der Waals surface area contributed by atoms with Crippen LogP contribution in [0.4, 0.5) is 0 Å². The molecule has 0 aliphatic carbocycles. The molecule has 0 aliphatic heterocycles. The summed E-state index contributed by atoms with van der Waals surface area (Å²) in [6, 6.07) is 15.1. The summed E-state index contributed by atoms with van der Waals surface area (Å²) < 4.78 is 2.01. The molecule has 27 heavy (non-hydrogen) atoms. The van der Waals surface area contributed by atoms with Crippen LogP contribution in [0, 0.1) is 0 Å².